The first-order valence-corrected chi connectivity index (χ1v) is 8.72. The molecular formula is C13H29N3O2S. The highest BCUT2D eigenvalue weighted by atomic mass is 32.2. The SMILES string of the molecule is CC(C)CC(CN(C)C)NS(=O)(=O)C1CCCNC1. The Morgan fingerprint density at radius 1 is 1.37 bits per heavy atom. The van der Waals surface area contributed by atoms with Gasteiger partial charge in [-0.25, -0.2) is 13.1 Å². The van der Waals surface area contributed by atoms with Crippen LogP contribution >= 0.6 is 0 Å². The van der Waals surface area contributed by atoms with E-state index in [0.29, 0.717) is 12.5 Å². The van der Waals surface area contributed by atoms with E-state index in [1.54, 1.807) is 0 Å². The van der Waals surface area contributed by atoms with E-state index >= 15 is 0 Å². The fraction of sp³-hybridized carbons (Fsp3) is 1.00. The molecule has 1 saturated heterocycles. The van der Waals surface area contributed by atoms with Crippen molar-refractivity contribution in [2.45, 2.75) is 44.4 Å². The number of hydrogen-bond donors (Lipinski definition) is 2. The summed E-state index contributed by atoms with van der Waals surface area (Å²) in [6.45, 7) is 6.50. The van der Waals surface area contributed by atoms with Crippen LogP contribution in [0, 0.1) is 5.92 Å². The smallest absolute Gasteiger partial charge is 0.216 e. The van der Waals surface area contributed by atoms with Crippen LogP contribution in [0.2, 0.25) is 0 Å². The maximum atomic E-state index is 12.4. The van der Waals surface area contributed by atoms with Gasteiger partial charge in [-0.3, -0.25) is 0 Å². The minimum Gasteiger partial charge on any atom is -0.315 e. The fourth-order valence-electron chi connectivity index (χ4n) is 2.58. The Labute approximate surface area is 118 Å². The highest BCUT2D eigenvalue weighted by molar-refractivity contribution is 7.90. The predicted molar refractivity (Wildman–Crippen MR) is 79.7 cm³/mol. The van der Waals surface area contributed by atoms with Crippen molar-refractivity contribution in [2.24, 2.45) is 5.92 Å². The molecule has 1 aliphatic rings. The lowest BCUT2D eigenvalue weighted by molar-refractivity contribution is 0.328. The first kappa shape index (κ1) is 16.9. The van der Waals surface area contributed by atoms with Gasteiger partial charge in [-0.2, -0.15) is 0 Å². The molecule has 6 heteroatoms. The van der Waals surface area contributed by atoms with Crippen molar-refractivity contribution < 1.29 is 8.42 Å². The third-order valence-corrected chi connectivity index (χ3v) is 5.30. The van der Waals surface area contributed by atoms with Gasteiger partial charge in [-0.05, 0) is 45.8 Å². The van der Waals surface area contributed by atoms with E-state index in [1.165, 1.54) is 0 Å². The van der Waals surface area contributed by atoms with Crippen LogP contribution in [-0.4, -0.2) is 58.3 Å². The van der Waals surface area contributed by atoms with Crippen LogP contribution in [0.4, 0.5) is 0 Å². The summed E-state index contributed by atoms with van der Waals surface area (Å²) in [7, 11) is 0.739. The van der Waals surface area contributed by atoms with E-state index in [9.17, 15) is 8.42 Å². The molecule has 0 aliphatic carbocycles. The van der Waals surface area contributed by atoms with Gasteiger partial charge in [-0.1, -0.05) is 13.8 Å². The topological polar surface area (TPSA) is 61.4 Å². The highest BCUT2D eigenvalue weighted by Gasteiger charge is 2.29. The minimum absolute atomic E-state index is 0.00178. The average Bonchev–Trinajstić information content (AvgIpc) is 2.27. The van der Waals surface area contributed by atoms with E-state index in [0.717, 1.165) is 32.4 Å². The summed E-state index contributed by atoms with van der Waals surface area (Å²) in [6, 6.07) is 0.00178. The first-order chi connectivity index (χ1) is 8.81. The second-order valence-corrected chi connectivity index (χ2v) is 8.21. The van der Waals surface area contributed by atoms with Crippen LogP contribution < -0.4 is 10.0 Å². The molecule has 1 fully saturated rings. The molecule has 2 N–H and O–H groups in total. The summed E-state index contributed by atoms with van der Waals surface area (Å²) in [5, 5.41) is 2.89. The molecule has 2 unspecified atom stereocenters. The van der Waals surface area contributed by atoms with E-state index in [4.69, 9.17) is 0 Å². The fourth-order valence-corrected chi connectivity index (χ4v) is 4.23. The lowest BCUT2D eigenvalue weighted by atomic mass is 10.0. The van der Waals surface area contributed by atoms with Gasteiger partial charge in [0.2, 0.25) is 10.0 Å². The molecule has 0 bridgehead atoms. The molecule has 0 radical (unpaired) electrons. The quantitative estimate of drug-likeness (QED) is 0.722. The third-order valence-electron chi connectivity index (χ3n) is 3.36. The first-order valence-electron chi connectivity index (χ1n) is 7.18. The minimum atomic E-state index is -3.21. The van der Waals surface area contributed by atoms with Gasteiger partial charge >= 0.3 is 0 Å². The van der Waals surface area contributed by atoms with Crippen LogP contribution in [0.25, 0.3) is 0 Å². The second-order valence-electron chi connectivity index (χ2n) is 6.22. The van der Waals surface area contributed by atoms with Crippen molar-refractivity contribution in [1.29, 1.82) is 0 Å². The zero-order valence-electron chi connectivity index (χ0n) is 12.6. The van der Waals surface area contributed by atoms with Crippen molar-refractivity contribution in [3.05, 3.63) is 0 Å². The van der Waals surface area contributed by atoms with Crippen LogP contribution in [0.1, 0.15) is 33.1 Å². The van der Waals surface area contributed by atoms with E-state index in [1.807, 2.05) is 19.0 Å². The molecule has 0 amide bonds. The molecule has 0 aromatic carbocycles. The lowest BCUT2D eigenvalue weighted by Crippen LogP contribution is -2.50. The molecule has 19 heavy (non-hydrogen) atoms. The molecule has 0 aromatic heterocycles. The monoisotopic (exact) mass is 291 g/mol. The number of sulfonamides is 1. The Bertz CT molecular complexity index is 339. The molecule has 1 heterocycles. The summed E-state index contributed by atoms with van der Waals surface area (Å²) < 4.78 is 27.7. The number of likely N-dealkylation sites (N-methyl/N-ethyl adjacent to an activating group) is 1. The Morgan fingerprint density at radius 3 is 2.53 bits per heavy atom. The molecule has 2 atom stereocenters. The maximum Gasteiger partial charge on any atom is 0.216 e. The largest absolute Gasteiger partial charge is 0.315 e. The van der Waals surface area contributed by atoms with E-state index in [-0.39, 0.29) is 11.3 Å². The van der Waals surface area contributed by atoms with Crippen molar-refractivity contribution >= 4 is 10.0 Å². The number of piperidine rings is 1. The molecule has 1 rings (SSSR count). The number of nitrogens with one attached hydrogen (secondary N) is 2. The second kappa shape index (κ2) is 7.57. The molecule has 5 nitrogen and oxygen atoms in total. The number of nitrogens with zero attached hydrogens (tertiary/aromatic N) is 1. The van der Waals surface area contributed by atoms with Gasteiger partial charge < -0.3 is 10.2 Å². The average molecular weight is 291 g/mol. The van der Waals surface area contributed by atoms with Crippen molar-refractivity contribution in [3.8, 4) is 0 Å². The van der Waals surface area contributed by atoms with Gasteiger partial charge in [0.15, 0.2) is 0 Å². The summed E-state index contributed by atoms with van der Waals surface area (Å²) >= 11 is 0. The van der Waals surface area contributed by atoms with Crippen molar-refractivity contribution in [3.63, 3.8) is 0 Å². The summed E-state index contributed by atoms with van der Waals surface area (Å²) in [5.41, 5.74) is 0. The molecular weight excluding hydrogens is 262 g/mol. The summed E-state index contributed by atoms with van der Waals surface area (Å²) in [6.07, 6.45) is 2.57. The van der Waals surface area contributed by atoms with Gasteiger partial charge in [0.1, 0.15) is 0 Å². The Morgan fingerprint density at radius 2 is 2.05 bits per heavy atom. The molecule has 0 saturated carbocycles. The maximum absolute atomic E-state index is 12.4. The standard InChI is InChI=1S/C13H29N3O2S/c1-11(2)8-12(10-16(3)4)15-19(17,18)13-6-5-7-14-9-13/h11-15H,5-10H2,1-4H3. The van der Waals surface area contributed by atoms with E-state index in [2.05, 4.69) is 23.9 Å². The number of hydrogen-bond acceptors (Lipinski definition) is 4. The molecule has 0 spiro atoms. The van der Waals surface area contributed by atoms with Gasteiger partial charge in [0.05, 0.1) is 5.25 Å². The van der Waals surface area contributed by atoms with E-state index < -0.39 is 10.0 Å². The van der Waals surface area contributed by atoms with Crippen molar-refractivity contribution in [1.82, 2.24) is 14.9 Å². The number of rotatable bonds is 7. The predicted octanol–water partition coefficient (Wildman–Crippen LogP) is 0.634. The summed E-state index contributed by atoms with van der Waals surface area (Å²) in [5.74, 6) is 0.483. The molecule has 0 aromatic rings. The third kappa shape index (κ3) is 6.21. The van der Waals surface area contributed by atoms with Gasteiger partial charge in [-0.15, -0.1) is 0 Å². The lowest BCUT2D eigenvalue weighted by Gasteiger charge is -2.28. The van der Waals surface area contributed by atoms with Gasteiger partial charge in [0, 0.05) is 19.1 Å². The van der Waals surface area contributed by atoms with Gasteiger partial charge in [0.25, 0.3) is 0 Å². The molecule has 114 valence electrons. The highest BCUT2D eigenvalue weighted by Crippen LogP contribution is 2.13. The zero-order chi connectivity index (χ0) is 14.5. The summed E-state index contributed by atoms with van der Waals surface area (Å²) in [4.78, 5) is 2.04. The molecule has 1 aliphatic heterocycles. The Kier molecular flexibility index (Phi) is 6.73. The Hall–Kier alpha value is -0.170. The van der Waals surface area contributed by atoms with Crippen LogP contribution in [0.15, 0.2) is 0 Å². The Balaban J connectivity index is 2.64. The van der Waals surface area contributed by atoms with Crippen molar-refractivity contribution in [2.75, 3.05) is 33.7 Å². The van der Waals surface area contributed by atoms with Crippen LogP contribution in [0.5, 0.6) is 0 Å². The van der Waals surface area contributed by atoms with Crippen LogP contribution in [0.3, 0.4) is 0 Å². The normalized spacial score (nSPS) is 22.9. The zero-order valence-corrected chi connectivity index (χ0v) is 13.5. The van der Waals surface area contributed by atoms with Crippen LogP contribution in [-0.2, 0) is 10.0 Å².